The number of benzene rings is 1. The van der Waals surface area contributed by atoms with E-state index >= 15 is 0 Å². The number of nitrogens with zero attached hydrogens (tertiary/aromatic N) is 2. The van der Waals surface area contributed by atoms with Gasteiger partial charge in [-0.25, -0.2) is 0 Å². The summed E-state index contributed by atoms with van der Waals surface area (Å²) in [5.41, 5.74) is 2.69. The fourth-order valence-electron chi connectivity index (χ4n) is 3.03. The fourth-order valence-corrected chi connectivity index (χ4v) is 3.03. The molecule has 3 N–H and O–H groups in total. The normalized spacial score (nSPS) is 19.4. The van der Waals surface area contributed by atoms with Crippen molar-refractivity contribution in [1.82, 2.24) is 15.5 Å². The van der Waals surface area contributed by atoms with E-state index in [0.29, 0.717) is 0 Å². The van der Waals surface area contributed by atoms with Gasteiger partial charge in [-0.05, 0) is 30.4 Å². The maximum Gasteiger partial charge on any atom is 0.191 e. The molecule has 2 aliphatic rings. The zero-order valence-corrected chi connectivity index (χ0v) is 15.8. The minimum atomic E-state index is -0.108. The standard InChI is InChI=1S/C17H26N4O.HI/c22-16-6-10-21(11-7-16)13-15-5-2-1-4-14(15)12-20-17-18-8-3-9-19-17;/h1-2,4-5,16,22H,3,6-13H2,(H2,18,19,20);1H. The molecule has 1 saturated heterocycles. The monoisotopic (exact) mass is 430 g/mol. The Labute approximate surface area is 155 Å². The molecular weight excluding hydrogens is 403 g/mol. The predicted molar refractivity (Wildman–Crippen MR) is 104 cm³/mol. The number of halogens is 1. The van der Waals surface area contributed by atoms with E-state index in [9.17, 15) is 5.11 Å². The van der Waals surface area contributed by atoms with Gasteiger partial charge in [-0.2, -0.15) is 0 Å². The van der Waals surface area contributed by atoms with Gasteiger partial charge < -0.3 is 15.7 Å². The van der Waals surface area contributed by atoms with Crippen molar-refractivity contribution in [3.8, 4) is 0 Å². The number of aliphatic imine (C=N–C) groups is 1. The molecular formula is C17H27IN4O. The van der Waals surface area contributed by atoms with E-state index in [0.717, 1.165) is 64.5 Å². The van der Waals surface area contributed by atoms with Gasteiger partial charge in [0.05, 0.1) is 6.10 Å². The quantitative estimate of drug-likeness (QED) is 0.637. The summed E-state index contributed by atoms with van der Waals surface area (Å²) in [5.74, 6) is 0.919. The van der Waals surface area contributed by atoms with Crippen LogP contribution in [0.2, 0.25) is 0 Å². The van der Waals surface area contributed by atoms with Crippen molar-refractivity contribution in [2.24, 2.45) is 4.99 Å². The number of likely N-dealkylation sites (tertiary alicyclic amines) is 1. The molecule has 1 aromatic carbocycles. The molecule has 6 heteroatoms. The molecule has 0 saturated carbocycles. The van der Waals surface area contributed by atoms with E-state index in [4.69, 9.17) is 0 Å². The van der Waals surface area contributed by atoms with Gasteiger partial charge in [0, 0.05) is 39.3 Å². The number of aliphatic hydroxyl groups is 1. The molecule has 23 heavy (non-hydrogen) atoms. The average Bonchev–Trinajstić information content (AvgIpc) is 2.57. The lowest BCUT2D eigenvalue weighted by Gasteiger charge is -2.30. The van der Waals surface area contributed by atoms with E-state index in [1.807, 2.05) is 0 Å². The number of nitrogens with one attached hydrogen (secondary N) is 2. The van der Waals surface area contributed by atoms with Crippen LogP contribution in [0.25, 0.3) is 0 Å². The molecule has 1 fully saturated rings. The zero-order chi connectivity index (χ0) is 15.2. The average molecular weight is 430 g/mol. The molecule has 2 heterocycles. The molecule has 0 atom stereocenters. The van der Waals surface area contributed by atoms with Crippen LogP contribution < -0.4 is 10.6 Å². The number of hydrogen-bond donors (Lipinski definition) is 3. The maximum absolute atomic E-state index is 9.62. The van der Waals surface area contributed by atoms with Crippen LogP contribution in [0.5, 0.6) is 0 Å². The summed E-state index contributed by atoms with van der Waals surface area (Å²) in [6.45, 7) is 5.65. The summed E-state index contributed by atoms with van der Waals surface area (Å²) in [6, 6.07) is 8.59. The Kier molecular flexibility index (Phi) is 7.58. The first kappa shape index (κ1) is 18.5. The second kappa shape index (κ2) is 9.44. The van der Waals surface area contributed by atoms with Crippen molar-refractivity contribution in [2.75, 3.05) is 26.2 Å². The van der Waals surface area contributed by atoms with Crippen molar-refractivity contribution < 1.29 is 5.11 Å². The lowest BCUT2D eigenvalue weighted by atomic mass is 10.0. The highest BCUT2D eigenvalue weighted by molar-refractivity contribution is 14.0. The van der Waals surface area contributed by atoms with Crippen molar-refractivity contribution in [1.29, 1.82) is 0 Å². The van der Waals surface area contributed by atoms with Gasteiger partial charge in [-0.3, -0.25) is 9.89 Å². The highest BCUT2D eigenvalue weighted by atomic mass is 127. The SMILES string of the molecule is I.OC1CCN(Cc2ccccc2CNC2=NCCCN2)CC1. The van der Waals surface area contributed by atoms with Crippen LogP contribution in [-0.4, -0.2) is 48.2 Å². The first-order valence-corrected chi connectivity index (χ1v) is 8.30. The smallest absolute Gasteiger partial charge is 0.191 e. The van der Waals surface area contributed by atoms with E-state index in [-0.39, 0.29) is 30.1 Å². The van der Waals surface area contributed by atoms with E-state index in [1.165, 1.54) is 11.1 Å². The van der Waals surface area contributed by atoms with E-state index in [1.54, 1.807) is 0 Å². The van der Waals surface area contributed by atoms with Gasteiger partial charge in [0.1, 0.15) is 0 Å². The third kappa shape index (κ3) is 5.61. The Bertz CT molecular complexity index is 515. The molecule has 0 spiro atoms. The Morgan fingerprint density at radius 2 is 1.96 bits per heavy atom. The number of piperidine rings is 1. The largest absolute Gasteiger partial charge is 0.393 e. The topological polar surface area (TPSA) is 59.9 Å². The van der Waals surface area contributed by atoms with Crippen LogP contribution in [0.4, 0.5) is 0 Å². The van der Waals surface area contributed by atoms with Crippen LogP contribution in [-0.2, 0) is 13.1 Å². The molecule has 3 rings (SSSR count). The van der Waals surface area contributed by atoms with Crippen LogP contribution >= 0.6 is 24.0 Å². The summed E-state index contributed by atoms with van der Waals surface area (Å²) < 4.78 is 0. The summed E-state index contributed by atoms with van der Waals surface area (Å²) >= 11 is 0. The molecule has 0 unspecified atom stereocenters. The molecule has 2 aliphatic heterocycles. The molecule has 128 valence electrons. The molecule has 0 radical (unpaired) electrons. The molecule has 0 aromatic heterocycles. The van der Waals surface area contributed by atoms with Gasteiger partial charge >= 0.3 is 0 Å². The van der Waals surface area contributed by atoms with Crippen LogP contribution in [0.1, 0.15) is 30.4 Å². The Morgan fingerprint density at radius 3 is 2.65 bits per heavy atom. The van der Waals surface area contributed by atoms with Gasteiger partial charge in [0.25, 0.3) is 0 Å². The zero-order valence-electron chi connectivity index (χ0n) is 13.5. The van der Waals surface area contributed by atoms with Crippen molar-refractivity contribution in [3.05, 3.63) is 35.4 Å². The molecule has 0 bridgehead atoms. The minimum absolute atomic E-state index is 0. The second-order valence-corrected chi connectivity index (χ2v) is 6.14. The van der Waals surface area contributed by atoms with Crippen molar-refractivity contribution in [3.63, 3.8) is 0 Å². The van der Waals surface area contributed by atoms with Gasteiger partial charge in [-0.15, -0.1) is 24.0 Å². The maximum atomic E-state index is 9.62. The van der Waals surface area contributed by atoms with Gasteiger partial charge in [0.2, 0.25) is 0 Å². The third-order valence-electron chi connectivity index (χ3n) is 4.41. The Morgan fingerprint density at radius 1 is 1.22 bits per heavy atom. The van der Waals surface area contributed by atoms with E-state index < -0.39 is 0 Å². The lowest BCUT2D eigenvalue weighted by Crippen LogP contribution is -2.40. The molecule has 0 amide bonds. The minimum Gasteiger partial charge on any atom is -0.393 e. The predicted octanol–water partition coefficient (Wildman–Crippen LogP) is 1.70. The van der Waals surface area contributed by atoms with E-state index in [2.05, 4.69) is 44.8 Å². The Hall–Kier alpha value is -0.860. The first-order valence-electron chi connectivity index (χ1n) is 8.30. The highest BCUT2D eigenvalue weighted by Crippen LogP contribution is 2.16. The number of aliphatic hydroxyl groups excluding tert-OH is 1. The summed E-state index contributed by atoms with van der Waals surface area (Å²) in [6.07, 6.45) is 2.79. The molecule has 1 aromatic rings. The summed E-state index contributed by atoms with van der Waals surface area (Å²) in [4.78, 5) is 6.89. The van der Waals surface area contributed by atoms with Crippen LogP contribution in [0, 0.1) is 0 Å². The summed E-state index contributed by atoms with van der Waals surface area (Å²) in [5, 5.41) is 16.3. The third-order valence-corrected chi connectivity index (χ3v) is 4.41. The lowest BCUT2D eigenvalue weighted by molar-refractivity contribution is 0.0791. The van der Waals surface area contributed by atoms with Crippen LogP contribution in [0.3, 0.4) is 0 Å². The number of guanidine groups is 1. The number of rotatable bonds is 4. The fraction of sp³-hybridized carbons (Fsp3) is 0.588. The van der Waals surface area contributed by atoms with Gasteiger partial charge in [-0.1, -0.05) is 24.3 Å². The number of hydrogen-bond acceptors (Lipinski definition) is 5. The van der Waals surface area contributed by atoms with Crippen molar-refractivity contribution >= 4 is 29.9 Å². The van der Waals surface area contributed by atoms with Gasteiger partial charge in [0.15, 0.2) is 5.96 Å². The molecule has 5 nitrogen and oxygen atoms in total. The Balaban J connectivity index is 0.00000192. The van der Waals surface area contributed by atoms with Crippen molar-refractivity contribution in [2.45, 2.75) is 38.5 Å². The van der Waals surface area contributed by atoms with Crippen LogP contribution in [0.15, 0.2) is 29.3 Å². The highest BCUT2D eigenvalue weighted by Gasteiger charge is 2.17. The summed E-state index contributed by atoms with van der Waals surface area (Å²) in [7, 11) is 0. The second-order valence-electron chi connectivity index (χ2n) is 6.14. The molecule has 0 aliphatic carbocycles. The first-order chi connectivity index (χ1) is 10.8.